The highest BCUT2D eigenvalue weighted by Gasteiger charge is 2.07. The van der Waals surface area contributed by atoms with E-state index in [2.05, 4.69) is 15.6 Å². The Balaban J connectivity index is 1.84. The molecule has 1 unspecified atom stereocenters. The van der Waals surface area contributed by atoms with Crippen molar-refractivity contribution in [3.05, 3.63) is 43.0 Å². The molecule has 0 fully saturated rings. The number of nitrogens with zero attached hydrogens (tertiary/aromatic N) is 2. The monoisotopic (exact) mass is 259 g/mol. The van der Waals surface area contributed by atoms with E-state index < -0.39 is 0 Å². The fourth-order valence-corrected chi connectivity index (χ4v) is 1.76. The number of carbonyl (C=O) groups is 1. The van der Waals surface area contributed by atoms with Crippen LogP contribution in [0.3, 0.4) is 0 Å². The predicted octanol–water partition coefficient (Wildman–Crippen LogP) is 1.68. The Morgan fingerprint density at radius 3 is 3.05 bits per heavy atom. The lowest BCUT2D eigenvalue weighted by atomic mass is 10.3. The number of nitrogens with one attached hydrogen (secondary N) is 2. The van der Waals surface area contributed by atoms with Gasteiger partial charge in [-0.2, -0.15) is 0 Å². The van der Waals surface area contributed by atoms with Crippen molar-refractivity contribution in [3.8, 4) is 0 Å². The van der Waals surface area contributed by atoms with Crippen LogP contribution in [0.25, 0.3) is 0 Å². The van der Waals surface area contributed by atoms with E-state index in [1.54, 1.807) is 36.8 Å². The normalized spacial score (nSPS) is 11.8. The van der Waals surface area contributed by atoms with E-state index in [0.29, 0.717) is 17.9 Å². The number of nitrogen functional groups attached to an aromatic ring is 1. The van der Waals surface area contributed by atoms with Crippen molar-refractivity contribution in [3.63, 3.8) is 0 Å². The van der Waals surface area contributed by atoms with Crippen LogP contribution in [0.1, 0.15) is 6.92 Å². The number of urea groups is 1. The standard InChI is InChI=1S/C13H17N5O/c1-10(8-18-6-5-15-9-18)16-13(19)17-12-4-2-3-11(14)7-12/h2-7,9-10H,8,14H2,1H3,(H2,16,17,19). The maximum Gasteiger partial charge on any atom is 0.319 e. The van der Waals surface area contributed by atoms with Gasteiger partial charge in [-0.3, -0.25) is 0 Å². The third kappa shape index (κ3) is 4.02. The number of amides is 2. The third-order valence-electron chi connectivity index (χ3n) is 2.57. The van der Waals surface area contributed by atoms with Gasteiger partial charge in [0.2, 0.25) is 0 Å². The number of nitrogens with two attached hydrogens (primary N) is 1. The molecule has 2 rings (SSSR count). The molecular weight excluding hydrogens is 242 g/mol. The summed E-state index contributed by atoms with van der Waals surface area (Å²) >= 11 is 0. The first-order valence-corrected chi connectivity index (χ1v) is 6.02. The lowest BCUT2D eigenvalue weighted by molar-refractivity contribution is 0.248. The zero-order chi connectivity index (χ0) is 13.7. The largest absolute Gasteiger partial charge is 0.399 e. The number of rotatable bonds is 4. The molecule has 2 amide bonds. The summed E-state index contributed by atoms with van der Waals surface area (Å²) in [6.45, 7) is 2.60. The Morgan fingerprint density at radius 2 is 2.37 bits per heavy atom. The third-order valence-corrected chi connectivity index (χ3v) is 2.57. The topological polar surface area (TPSA) is 85.0 Å². The SMILES string of the molecule is CC(Cn1ccnc1)NC(=O)Nc1cccc(N)c1. The molecule has 6 nitrogen and oxygen atoms in total. The summed E-state index contributed by atoms with van der Waals surface area (Å²) in [6.07, 6.45) is 5.28. The highest BCUT2D eigenvalue weighted by Crippen LogP contribution is 2.11. The molecule has 0 aliphatic rings. The Hall–Kier alpha value is -2.50. The molecule has 19 heavy (non-hydrogen) atoms. The van der Waals surface area contributed by atoms with E-state index in [1.165, 1.54) is 0 Å². The quantitative estimate of drug-likeness (QED) is 0.730. The van der Waals surface area contributed by atoms with Crippen molar-refractivity contribution in [2.75, 3.05) is 11.1 Å². The second-order valence-electron chi connectivity index (χ2n) is 4.38. The summed E-state index contributed by atoms with van der Waals surface area (Å²) in [7, 11) is 0. The minimum atomic E-state index is -0.252. The molecule has 2 aromatic rings. The summed E-state index contributed by atoms with van der Waals surface area (Å²) in [6, 6.07) is 6.80. The van der Waals surface area contributed by atoms with Crippen LogP contribution in [-0.4, -0.2) is 21.6 Å². The first-order chi connectivity index (χ1) is 9.13. The average Bonchev–Trinajstić information content (AvgIpc) is 2.81. The Morgan fingerprint density at radius 1 is 1.53 bits per heavy atom. The number of hydrogen-bond acceptors (Lipinski definition) is 3. The van der Waals surface area contributed by atoms with E-state index in [1.807, 2.05) is 17.7 Å². The molecule has 100 valence electrons. The lowest BCUT2D eigenvalue weighted by Crippen LogP contribution is -2.38. The van der Waals surface area contributed by atoms with Gasteiger partial charge in [0, 0.05) is 36.4 Å². The van der Waals surface area contributed by atoms with E-state index in [0.717, 1.165) is 0 Å². The number of imidazole rings is 1. The Labute approximate surface area is 111 Å². The Bertz CT molecular complexity index is 538. The van der Waals surface area contributed by atoms with E-state index in [9.17, 15) is 4.79 Å². The second-order valence-corrected chi connectivity index (χ2v) is 4.38. The molecular formula is C13H17N5O. The van der Waals surface area contributed by atoms with Crippen LogP contribution in [0.15, 0.2) is 43.0 Å². The first-order valence-electron chi connectivity index (χ1n) is 6.02. The summed E-state index contributed by atoms with van der Waals surface area (Å²) < 4.78 is 1.91. The van der Waals surface area contributed by atoms with Gasteiger partial charge in [0.25, 0.3) is 0 Å². The molecule has 1 aromatic heterocycles. The highest BCUT2D eigenvalue weighted by molar-refractivity contribution is 5.89. The lowest BCUT2D eigenvalue weighted by Gasteiger charge is -2.15. The van der Waals surface area contributed by atoms with Crippen molar-refractivity contribution in [2.45, 2.75) is 19.5 Å². The summed E-state index contributed by atoms with van der Waals surface area (Å²) in [5, 5.41) is 5.58. The molecule has 0 bridgehead atoms. The van der Waals surface area contributed by atoms with Crippen LogP contribution in [0.4, 0.5) is 16.2 Å². The number of hydrogen-bond donors (Lipinski definition) is 3. The van der Waals surface area contributed by atoms with Gasteiger partial charge >= 0.3 is 6.03 Å². The van der Waals surface area contributed by atoms with Crippen LogP contribution in [0.2, 0.25) is 0 Å². The van der Waals surface area contributed by atoms with Gasteiger partial charge < -0.3 is 20.9 Å². The van der Waals surface area contributed by atoms with Crippen molar-refractivity contribution in [1.29, 1.82) is 0 Å². The van der Waals surface area contributed by atoms with Gasteiger partial charge in [0.15, 0.2) is 0 Å². The maximum absolute atomic E-state index is 11.8. The molecule has 0 saturated carbocycles. The summed E-state index contributed by atoms with van der Waals surface area (Å²) in [5.74, 6) is 0. The number of carbonyl (C=O) groups excluding carboxylic acids is 1. The smallest absolute Gasteiger partial charge is 0.319 e. The average molecular weight is 259 g/mol. The molecule has 0 radical (unpaired) electrons. The van der Waals surface area contributed by atoms with E-state index >= 15 is 0 Å². The molecule has 0 spiro atoms. The van der Waals surface area contributed by atoms with Crippen molar-refractivity contribution >= 4 is 17.4 Å². The van der Waals surface area contributed by atoms with Crippen LogP contribution >= 0.6 is 0 Å². The number of benzene rings is 1. The fraction of sp³-hybridized carbons (Fsp3) is 0.231. The number of anilines is 2. The van der Waals surface area contributed by atoms with Gasteiger partial charge in [0.05, 0.1) is 6.33 Å². The van der Waals surface area contributed by atoms with Gasteiger partial charge in [-0.1, -0.05) is 6.07 Å². The molecule has 1 heterocycles. The van der Waals surface area contributed by atoms with Crippen molar-refractivity contribution in [1.82, 2.24) is 14.9 Å². The molecule has 1 atom stereocenters. The second kappa shape index (κ2) is 5.90. The minimum absolute atomic E-state index is 0.00439. The van der Waals surface area contributed by atoms with E-state index in [-0.39, 0.29) is 12.1 Å². The van der Waals surface area contributed by atoms with Crippen LogP contribution in [0, 0.1) is 0 Å². The zero-order valence-electron chi connectivity index (χ0n) is 10.7. The zero-order valence-corrected chi connectivity index (χ0v) is 10.7. The van der Waals surface area contributed by atoms with Gasteiger partial charge in [-0.15, -0.1) is 0 Å². The molecule has 0 saturated heterocycles. The number of aromatic nitrogens is 2. The highest BCUT2D eigenvalue weighted by atomic mass is 16.2. The fourth-order valence-electron chi connectivity index (χ4n) is 1.76. The van der Waals surface area contributed by atoms with Crippen LogP contribution in [0.5, 0.6) is 0 Å². The first kappa shape index (κ1) is 12.9. The minimum Gasteiger partial charge on any atom is -0.399 e. The van der Waals surface area contributed by atoms with Crippen LogP contribution in [-0.2, 0) is 6.54 Å². The predicted molar refractivity (Wildman–Crippen MR) is 74.7 cm³/mol. The van der Waals surface area contributed by atoms with Crippen molar-refractivity contribution < 1.29 is 4.79 Å². The van der Waals surface area contributed by atoms with Gasteiger partial charge in [-0.25, -0.2) is 9.78 Å². The van der Waals surface area contributed by atoms with Gasteiger partial charge in [0.1, 0.15) is 0 Å². The summed E-state index contributed by atoms with van der Waals surface area (Å²) in [5.41, 5.74) is 6.93. The molecule has 6 heteroatoms. The maximum atomic E-state index is 11.8. The Kier molecular flexibility index (Phi) is 4.02. The van der Waals surface area contributed by atoms with Gasteiger partial charge in [-0.05, 0) is 25.1 Å². The molecule has 4 N–H and O–H groups in total. The summed E-state index contributed by atoms with van der Waals surface area (Å²) in [4.78, 5) is 15.7. The van der Waals surface area contributed by atoms with Crippen molar-refractivity contribution in [2.24, 2.45) is 0 Å². The molecule has 0 aliphatic heterocycles. The van der Waals surface area contributed by atoms with E-state index in [4.69, 9.17) is 5.73 Å². The molecule has 0 aliphatic carbocycles. The molecule has 1 aromatic carbocycles. The van der Waals surface area contributed by atoms with Crippen LogP contribution < -0.4 is 16.4 Å².